The lowest BCUT2D eigenvalue weighted by molar-refractivity contribution is 0.0388. The number of rotatable bonds is 4. The number of benzene rings is 1. The van der Waals surface area contributed by atoms with E-state index < -0.39 is 0 Å². The predicted octanol–water partition coefficient (Wildman–Crippen LogP) is 0.785. The maximum atomic E-state index is 5.90. The van der Waals surface area contributed by atoms with Crippen LogP contribution in [0, 0.1) is 0 Å². The topological polar surface area (TPSA) is 27.7 Å². The number of likely N-dealkylation sites (tertiary alicyclic amines) is 1. The normalized spacial score (nSPS) is 22.2. The van der Waals surface area contributed by atoms with Crippen LogP contribution < -0.4 is 10.1 Å². The maximum Gasteiger partial charge on any atom is 0.124 e. The summed E-state index contributed by atoms with van der Waals surface area (Å²) in [6.07, 6.45) is 0.379. The first kappa shape index (κ1) is 12.9. The fraction of sp³-hybridized carbons (Fsp3) is 0.600. The highest BCUT2D eigenvalue weighted by molar-refractivity contribution is 5.27. The summed E-state index contributed by atoms with van der Waals surface area (Å²) in [6.45, 7) is 7.64. The minimum absolute atomic E-state index is 0.379. The number of nitrogens with zero attached hydrogens (tertiary/aromatic N) is 2. The molecule has 2 heterocycles. The van der Waals surface area contributed by atoms with Crippen LogP contribution in [0.5, 0.6) is 5.75 Å². The van der Waals surface area contributed by atoms with Gasteiger partial charge in [-0.2, -0.15) is 0 Å². The predicted molar refractivity (Wildman–Crippen MR) is 76.5 cm³/mol. The SMILES string of the molecule is CN1CC(Oc2ccc(CN3CCNCC3)cc2)C1. The Labute approximate surface area is 115 Å². The third-order valence-corrected chi connectivity index (χ3v) is 3.87. The number of piperazine rings is 1. The number of nitrogens with one attached hydrogen (secondary N) is 1. The van der Waals surface area contributed by atoms with Gasteiger partial charge in [0.2, 0.25) is 0 Å². The van der Waals surface area contributed by atoms with E-state index in [0.29, 0.717) is 6.10 Å². The number of likely N-dealkylation sites (N-methyl/N-ethyl adjacent to an activating group) is 1. The number of hydrogen-bond donors (Lipinski definition) is 1. The smallest absolute Gasteiger partial charge is 0.124 e. The second kappa shape index (κ2) is 5.90. The summed E-state index contributed by atoms with van der Waals surface area (Å²) in [5.41, 5.74) is 1.37. The van der Waals surface area contributed by atoms with Gasteiger partial charge in [0, 0.05) is 45.8 Å². The third-order valence-electron chi connectivity index (χ3n) is 3.87. The van der Waals surface area contributed by atoms with Crippen LogP contribution in [0.4, 0.5) is 0 Å². The molecule has 2 saturated heterocycles. The molecule has 0 bridgehead atoms. The highest BCUT2D eigenvalue weighted by atomic mass is 16.5. The van der Waals surface area contributed by atoms with Crippen molar-refractivity contribution in [3.8, 4) is 5.75 Å². The van der Waals surface area contributed by atoms with E-state index in [9.17, 15) is 0 Å². The molecule has 0 radical (unpaired) electrons. The molecule has 4 nitrogen and oxygen atoms in total. The first-order valence-corrected chi connectivity index (χ1v) is 7.17. The van der Waals surface area contributed by atoms with E-state index in [2.05, 4.69) is 46.4 Å². The van der Waals surface area contributed by atoms with E-state index in [1.54, 1.807) is 0 Å². The molecule has 0 aliphatic carbocycles. The first-order valence-electron chi connectivity index (χ1n) is 7.17. The minimum atomic E-state index is 0.379. The van der Waals surface area contributed by atoms with E-state index in [1.807, 2.05) is 0 Å². The molecule has 2 aliphatic heterocycles. The molecule has 0 aromatic heterocycles. The molecule has 1 aromatic carbocycles. The van der Waals surface area contributed by atoms with Gasteiger partial charge in [0.15, 0.2) is 0 Å². The lowest BCUT2D eigenvalue weighted by Gasteiger charge is -2.36. The first-order chi connectivity index (χ1) is 9.29. The molecule has 0 atom stereocenters. The second-order valence-electron chi connectivity index (χ2n) is 5.63. The van der Waals surface area contributed by atoms with Gasteiger partial charge in [0.25, 0.3) is 0 Å². The molecule has 104 valence electrons. The zero-order chi connectivity index (χ0) is 13.1. The summed E-state index contributed by atoms with van der Waals surface area (Å²) in [4.78, 5) is 4.76. The van der Waals surface area contributed by atoms with E-state index in [0.717, 1.165) is 51.6 Å². The van der Waals surface area contributed by atoms with Crippen molar-refractivity contribution in [1.29, 1.82) is 0 Å². The van der Waals surface area contributed by atoms with Crippen molar-refractivity contribution in [2.45, 2.75) is 12.6 Å². The summed E-state index contributed by atoms with van der Waals surface area (Å²) in [5.74, 6) is 1.00. The molecule has 1 N–H and O–H groups in total. The molecule has 19 heavy (non-hydrogen) atoms. The van der Waals surface area contributed by atoms with Crippen molar-refractivity contribution in [3.63, 3.8) is 0 Å². The number of ether oxygens (including phenoxy) is 1. The van der Waals surface area contributed by atoms with Crippen LogP contribution >= 0.6 is 0 Å². The fourth-order valence-electron chi connectivity index (χ4n) is 2.71. The van der Waals surface area contributed by atoms with Crippen molar-refractivity contribution in [2.75, 3.05) is 46.3 Å². The molecule has 2 aliphatic rings. The Kier molecular flexibility index (Phi) is 4.01. The summed E-state index contributed by atoms with van der Waals surface area (Å²) < 4.78 is 5.90. The average molecular weight is 261 g/mol. The Balaban J connectivity index is 1.50. The molecule has 4 heteroatoms. The Morgan fingerprint density at radius 3 is 2.47 bits per heavy atom. The van der Waals surface area contributed by atoms with Crippen LogP contribution in [0.25, 0.3) is 0 Å². The summed E-state index contributed by atoms with van der Waals surface area (Å²) in [7, 11) is 2.12. The average Bonchev–Trinajstić information content (AvgIpc) is 2.40. The van der Waals surface area contributed by atoms with Gasteiger partial charge in [-0.25, -0.2) is 0 Å². The molecule has 0 spiro atoms. The Hall–Kier alpha value is -1.10. The van der Waals surface area contributed by atoms with Gasteiger partial charge >= 0.3 is 0 Å². The minimum Gasteiger partial charge on any atom is -0.488 e. The van der Waals surface area contributed by atoms with Gasteiger partial charge in [-0.3, -0.25) is 9.80 Å². The fourth-order valence-corrected chi connectivity index (χ4v) is 2.71. The summed E-state index contributed by atoms with van der Waals surface area (Å²) in [5, 5.41) is 3.38. The highest BCUT2D eigenvalue weighted by Crippen LogP contribution is 2.18. The second-order valence-corrected chi connectivity index (χ2v) is 5.63. The third kappa shape index (κ3) is 3.47. The lowest BCUT2D eigenvalue weighted by atomic mass is 10.1. The van der Waals surface area contributed by atoms with Crippen LogP contribution in [0.3, 0.4) is 0 Å². The zero-order valence-corrected chi connectivity index (χ0v) is 11.6. The van der Waals surface area contributed by atoms with Crippen LogP contribution in [0.15, 0.2) is 24.3 Å². The van der Waals surface area contributed by atoms with Crippen molar-refractivity contribution >= 4 is 0 Å². The quantitative estimate of drug-likeness (QED) is 0.867. The van der Waals surface area contributed by atoms with E-state index in [-0.39, 0.29) is 0 Å². The number of hydrogen-bond acceptors (Lipinski definition) is 4. The highest BCUT2D eigenvalue weighted by Gasteiger charge is 2.24. The molecule has 0 saturated carbocycles. The molecule has 1 aromatic rings. The zero-order valence-electron chi connectivity index (χ0n) is 11.6. The van der Waals surface area contributed by atoms with Crippen molar-refractivity contribution < 1.29 is 4.74 Å². The van der Waals surface area contributed by atoms with Gasteiger partial charge in [-0.05, 0) is 24.7 Å². The molecular formula is C15H23N3O. The van der Waals surface area contributed by atoms with E-state index in [4.69, 9.17) is 4.74 Å². The molecule has 2 fully saturated rings. The Morgan fingerprint density at radius 1 is 1.16 bits per heavy atom. The van der Waals surface area contributed by atoms with Crippen molar-refractivity contribution in [3.05, 3.63) is 29.8 Å². The Bertz CT molecular complexity index is 394. The molecular weight excluding hydrogens is 238 g/mol. The molecule has 0 amide bonds. The summed E-state index contributed by atoms with van der Waals surface area (Å²) in [6, 6.07) is 8.60. The van der Waals surface area contributed by atoms with Gasteiger partial charge in [0.1, 0.15) is 11.9 Å². The van der Waals surface area contributed by atoms with Gasteiger partial charge in [-0.1, -0.05) is 12.1 Å². The van der Waals surface area contributed by atoms with Crippen LogP contribution in [0.1, 0.15) is 5.56 Å². The standard InChI is InChI=1S/C15H23N3O/c1-17-11-15(12-17)19-14-4-2-13(3-5-14)10-18-8-6-16-7-9-18/h2-5,15-16H,6-12H2,1H3. The van der Waals surface area contributed by atoms with Gasteiger partial charge < -0.3 is 10.1 Å². The largest absolute Gasteiger partial charge is 0.488 e. The monoisotopic (exact) mass is 261 g/mol. The van der Waals surface area contributed by atoms with Crippen LogP contribution in [-0.4, -0.2) is 62.2 Å². The van der Waals surface area contributed by atoms with Crippen molar-refractivity contribution in [1.82, 2.24) is 15.1 Å². The molecule has 0 unspecified atom stereocenters. The molecule has 3 rings (SSSR count). The van der Waals surface area contributed by atoms with E-state index >= 15 is 0 Å². The van der Waals surface area contributed by atoms with Gasteiger partial charge in [0.05, 0.1) is 0 Å². The van der Waals surface area contributed by atoms with Crippen molar-refractivity contribution in [2.24, 2.45) is 0 Å². The van der Waals surface area contributed by atoms with Crippen LogP contribution in [-0.2, 0) is 6.54 Å². The Morgan fingerprint density at radius 2 is 1.84 bits per heavy atom. The van der Waals surface area contributed by atoms with E-state index in [1.165, 1.54) is 5.56 Å². The van der Waals surface area contributed by atoms with Crippen LogP contribution in [0.2, 0.25) is 0 Å². The van der Waals surface area contributed by atoms with Gasteiger partial charge in [-0.15, -0.1) is 0 Å². The maximum absolute atomic E-state index is 5.90. The lowest BCUT2D eigenvalue weighted by Crippen LogP contribution is -2.51. The summed E-state index contributed by atoms with van der Waals surface area (Å²) >= 11 is 0.